The lowest BCUT2D eigenvalue weighted by Gasteiger charge is -2.16. The van der Waals surface area contributed by atoms with Crippen molar-refractivity contribution < 1.29 is 0 Å². The Labute approximate surface area is 82.6 Å². The van der Waals surface area contributed by atoms with E-state index in [9.17, 15) is 0 Å². The van der Waals surface area contributed by atoms with Gasteiger partial charge >= 0.3 is 0 Å². The molecule has 2 heteroatoms. The zero-order valence-corrected chi connectivity index (χ0v) is 7.97. The molecule has 0 bridgehead atoms. The number of hydrogen-bond acceptors (Lipinski definition) is 2. The number of rotatable bonds is 0. The molecule has 0 saturated heterocycles. The molecule has 12 heavy (non-hydrogen) atoms. The summed E-state index contributed by atoms with van der Waals surface area (Å²) in [6.07, 6.45) is 3.78. The summed E-state index contributed by atoms with van der Waals surface area (Å²) in [7, 11) is 0. The van der Waals surface area contributed by atoms with Crippen LogP contribution in [0.3, 0.4) is 0 Å². The Kier molecular flexibility index (Phi) is 2.03. The Morgan fingerprint density at radius 2 is 1.75 bits per heavy atom. The van der Waals surface area contributed by atoms with Gasteiger partial charge in [0, 0.05) is 16.1 Å². The molecule has 0 unspecified atom stereocenters. The summed E-state index contributed by atoms with van der Waals surface area (Å²) in [4.78, 5) is 1.75. The molecule has 0 atom stereocenters. The van der Waals surface area contributed by atoms with E-state index in [0.29, 0.717) is 6.42 Å². The molecule has 0 N–H and O–H groups in total. The largest absolute Gasteiger partial charge is 0.0842 e. The van der Waals surface area contributed by atoms with Gasteiger partial charge in [-0.05, 0) is 17.5 Å². The minimum atomic E-state index is 0.700. The van der Waals surface area contributed by atoms with Gasteiger partial charge in [0.25, 0.3) is 0 Å². The fourth-order valence-corrected chi connectivity index (χ4v) is 1.78. The van der Waals surface area contributed by atoms with Gasteiger partial charge in [0.05, 0.1) is 0 Å². The fraction of sp³-hybridized carbons (Fsp3) is 0.100. The average molecular weight is 190 g/mol. The second-order valence-electron chi connectivity index (χ2n) is 2.65. The zero-order chi connectivity index (χ0) is 8.55. The van der Waals surface area contributed by atoms with Gasteiger partial charge in [0.1, 0.15) is 0 Å². The van der Waals surface area contributed by atoms with Gasteiger partial charge in [0.15, 0.2) is 0 Å². The molecule has 1 aliphatic rings. The zero-order valence-electron chi connectivity index (χ0n) is 6.33. The molecular formula is C10H6S2. The molecular weight excluding hydrogens is 184 g/mol. The Bertz CT molecular complexity index is 318. The van der Waals surface area contributed by atoms with E-state index in [0.717, 1.165) is 20.9 Å². The molecule has 2 radical (unpaired) electrons. The van der Waals surface area contributed by atoms with Crippen LogP contribution in [0.4, 0.5) is 0 Å². The van der Waals surface area contributed by atoms with Gasteiger partial charge in [-0.3, -0.25) is 0 Å². The molecule has 58 valence electrons. The molecule has 0 aliphatic heterocycles. The van der Waals surface area contributed by atoms with Crippen molar-refractivity contribution in [1.29, 1.82) is 0 Å². The molecule has 0 heterocycles. The first-order valence-electron chi connectivity index (χ1n) is 3.69. The lowest BCUT2D eigenvalue weighted by atomic mass is 9.91. The van der Waals surface area contributed by atoms with Gasteiger partial charge in [-0.25, -0.2) is 0 Å². The first-order chi connectivity index (χ1) is 5.79. The second kappa shape index (κ2) is 3.04. The molecule has 0 nitrogen and oxygen atoms in total. The molecule has 0 amide bonds. The van der Waals surface area contributed by atoms with Crippen LogP contribution in [-0.2, 0) is 0 Å². The molecule has 0 fully saturated rings. The van der Waals surface area contributed by atoms with Crippen LogP contribution in [0, 0.1) is 6.42 Å². The summed E-state index contributed by atoms with van der Waals surface area (Å²) >= 11 is 10.3. The smallest absolute Gasteiger partial charge is 0.0346 e. The molecule has 0 aromatic heterocycles. The van der Waals surface area contributed by atoms with E-state index in [4.69, 9.17) is 24.4 Å². The average Bonchev–Trinajstić information content (AvgIpc) is 2.12. The van der Waals surface area contributed by atoms with E-state index in [1.54, 1.807) is 0 Å². The summed E-state index contributed by atoms with van der Waals surface area (Å²) < 4.78 is 0. The van der Waals surface area contributed by atoms with Gasteiger partial charge in [0.2, 0.25) is 0 Å². The lowest BCUT2D eigenvalue weighted by Crippen LogP contribution is -2.15. The van der Waals surface area contributed by atoms with Crippen molar-refractivity contribution in [3.05, 3.63) is 41.8 Å². The first kappa shape index (κ1) is 8.02. The minimum absolute atomic E-state index is 0.700. The topological polar surface area (TPSA) is 0 Å². The Morgan fingerprint density at radius 1 is 1.08 bits per heavy atom. The van der Waals surface area contributed by atoms with E-state index in [1.807, 2.05) is 24.3 Å². The van der Waals surface area contributed by atoms with Crippen molar-refractivity contribution in [1.82, 2.24) is 0 Å². The van der Waals surface area contributed by atoms with Gasteiger partial charge in [-0.2, -0.15) is 0 Å². The lowest BCUT2D eigenvalue weighted by molar-refractivity contribution is 1.38. The second-order valence-corrected chi connectivity index (χ2v) is 3.55. The van der Waals surface area contributed by atoms with E-state index in [-0.39, 0.29) is 0 Å². The number of hydrogen-bond donors (Lipinski definition) is 0. The molecule has 1 aliphatic carbocycles. The Balaban J connectivity index is 2.62. The van der Waals surface area contributed by atoms with Crippen LogP contribution in [-0.4, -0.2) is 9.73 Å². The van der Waals surface area contributed by atoms with Crippen LogP contribution in [0.2, 0.25) is 0 Å². The van der Waals surface area contributed by atoms with Crippen molar-refractivity contribution in [2.24, 2.45) is 0 Å². The van der Waals surface area contributed by atoms with Crippen LogP contribution in [0.15, 0.2) is 24.3 Å². The van der Waals surface area contributed by atoms with Crippen LogP contribution < -0.4 is 0 Å². The third kappa shape index (κ3) is 1.21. The summed E-state index contributed by atoms with van der Waals surface area (Å²) in [5.74, 6) is 0. The van der Waals surface area contributed by atoms with E-state index >= 15 is 0 Å². The maximum atomic E-state index is 5.19. The normalized spacial score (nSPS) is 16.0. The quantitative estimate of drug-likeness (QED) is 0.577. The Hall–Kier alpha value is -0.600. The van der Waals surface area contributed by atoms with Crippen LogP contribution in [0.5, 0.6) is 0 Å². The van der Waals surface area contributed by atoms with Crippen LogP contribution in [0.25, 0.3) is 0 Å². The Morgan fingerprint density at radius 3 is 2.42 bits per heavy atom. The highest BCUT2D eigenvalue weighted by atomic mass is 32.1. The molecule has 0 saturated carbocycles. The summed E-state index contributed by atoms with van der Waals surface area (Å²) in [6, 6.07) is 7.97. The molecule has 1 aromatic carbocycles. The SMILES string of the molecule is S=C1[C]CC(=S)c2ccccc21. The maximum Gasteiger partial charge on any atom is 0.0346 e. The number of benzene rings is 1. The van der Waals surface area contributed by atoms with Crippen molar-refractivity contribution in [3.8, 4) is 0 Å². The van der Waals surface area contributed by atoms with Crippen molar-refractivity contribution in [3.63, 3.8) is 0 Å². The van der Waals surface area contributed by atoms with Crippen molar-refractivity contribution >= 4 is 34.2 Å². The van der Waals surface area contributed by atoms with Gasteiger partial charge in [-0.15, -0.1) is 0 Å². The third-order valence-corrected chi connectivity index (χ3v) is 2.61. The summed E-state index contributed by atoms with van der Waals surface area (Å²) in [6.45, 7) is 0. The highest BCUT2D eigenvalue weighted by Gasteiger charge is 2.17. The predicted octanol–water partition coefficient (Wildman–Crippen LogP) is 2.61. The highest BCUT2D eigenvalue weighted by Crippen LogP contribution is 2.21. The molecule has 2 rings (SSSR count). The highest BCUT2D eigenvalue weighted by molar-refractivity contribution is 7.82. The van der Waals surface area contributed by atoms with E-state index in [2.05, 4.69) is 6.42 Å². The maximum absolute atomic E-state index is 5.19. The van der Waals surface area contributed by atoms with Crippen molar-refractivity contribution in [2.75, 3.05) is 0 Å². The number of fused-ring (bicyclic) bond motifs is 1. The van der Waals surface area contributed by atoms with E-state index in [1.165, 1.54) is 0 Å². The van der Waals surface area contributed by atoms with E-state index < -0.39 is 0 Å². The fourth-order valence-electron chi connectivity index (χ4n) is 1.28. The first-order valence-corrected chi connectivity index (χ1v) is 4.51. The third-order valence-electron chi connectivity index (χ3n) is 1.88. The molecule has 1 aromatic rings. The summed E-state index contributed by atoms with van der Waals surface area (Å²) in [5, 5.41) is 0. The van der Waals surface area contributed by atoms with Crippen LogP contribution >= 0.6 is 24.4 Å². The summed E-state index contributed by atoms with van der Waals surface area (Å²) in [5.41, 5.74) is 2.17. The van der Waals surface area contributed by atoms with Crippen molar-refractivity contribution in [2.45, 2.75) is 6.42 Å². The van der Waals surface area contributed by atoms with Crippen LogP contribution in [0.1, 0.15) is 17.5 Å². The van der Waals surface area contributed by atoms with Gasteiger partial charge in [-0.1, -0.05) is 48.7 Å². The minimum Gasteiger partial charge on any atom is -0.0842 e. The standard InChI is InChI=1S/C10H6S2/c11-9-5-6-10(12)8-4-2-1-3-7(8)9/h1-4H,5H2. The monoisotopic (exact) mass is 190 g/mol. The van der Waals surface area contributed by atoms with Gasteiger partial charge < -0.3 is 0 Å². The predicted molar refractivity (Wildman–Crippen MR) is 57.7 cm³/mol. The molecule has 0 spiro atoms. The number of thiocarbonyl (C=S) groups is 2.